The predicted octanol–water partition coefficient (Wildman–Crippen LogP) is 1.37. The number of aliphatic hydroxyl groups excluding tert-OH is 1. The summed E-state index contributed by atoms with van der Waals surface area (Å²) < 4.78 is 0. The van der Waals surface area contributed by atoms with Crippen molar-refractivity contribution in [2.75, 3.05) is 0 Å². The van der Waals surface area contributed by atoms with E-state index in [2.05, 4.69) is 0 Å². The van der Waals surface area contributed by atoms with E-state index in [1.807, 2.05) is 13.8 Å². The first kappa shape index (κ1) is 8.72. The van der Waals surface area contributed by atoms with Crippen molar-refractivity contribution < 1.29 is 9.90 Å². The lowest BCUT2D eigenvalue weighted by Gasteiger charge is -2.10. The van der Waals surface area contributed by atoms with Gasteiger partial charge in [-0.15, -0.1) is 0 Å². The van der Waals surface area contributed by atoms with Crippen LogP contribution in [0.15, 0.2) is 0 Å². The van der Waals surface area contributed by atoms with Crippen LogP contribution in [0.5, 0.6) is 0 Å². The second-order valence-electron chi connectivity index (χ2n) is 3.72. The molecule has 1 rings (SSSR count). The van der Waals surface area contributed by atoms with E-state index >= 15 is 0 Å². The minimum Gasteiger partial charge on any atom is -0.393 e. The molecule has 2 nitrogen and oxygen atoms in total. The number of ketones is 1. The van der Waals surface area contributed by atoms with Crippen molar-refractivity contribution in [3.63, 3.8) is 0 Å². The third-order valence-corrected chi connectivity index (χ3v) is 2.38. The van der Waals surface area contributed by atoms with Crippen LogP contribution < -0.4 is 0 Å². The van der Waals surface area contributed by atoms with Crippen molar-refractivity contribution in [2.45, 2.75) is 39.2 Å². The second kappa shape index (κ2) is 3.35. The number of aliphatic hydroxyl groups is 1. The molecule has 11 heavy (non-hydrogen) atoms. The summed E-state index contributed by atoms with van der Waals surface area (Å²) >= 11 is 0. The number of rotatable bonds is 2. The fourth-order valence-electron chi connectivity index (χ4n) is 1.69. The van der Waals surface area contributed by atoms with E-state index in [0.717, 1.165) is 12.8 Å². The van der Waals surface area contributed by atoms with Crippen LogP contribution in [0.4, 0.5) is 0 Å². The van der Waals surface area contributed by atoms with Crippen molar-refractivity contribution >= 4 is 5.78 Å². The summed E-state index contributed by atoms with van der Waals surface area (Å²) in [5, 5.41) is 9.18. The van der Waals surface area contributed by atoms with Gasteiger partial charge in [-0.05, 0) is 19.3 Å². The zero-order valence-corrected chi connectivity index (χ0v) is 7.21. The summed E-state index contributed by atoms with van der Waals surface area (Å²) in [5.41, 5.74) is 0. The predicted molar refractivity (Wildman–Crippen MR) is 43.2 cm³/mol. The van der Waals surface area contributed by atoms with E-state index in [4.69, 9.17) is 0 Å². The van der Waals surface area contributed by atoms with E-state index in [9.17, 15) is 9.90 Å². The molecule has 0 heterocycles. The molecule has 1 aliphatic carbocycles. The van der Waals surface area contributed by atoms with Crippen LogP contribution in [-0.4, -0.2) is 17.0 Å². The van der Waals surface area contributed by atoms with Gasteiger partial charge in [-0.25, -0.2) is 0 Å². The van der Waals surface area contributed by atoms with Crippen LogP contribution in [0.1, 0.15) is 33.1 Å². The number of hydrogen-bond acceptors (Lipinski definition) is 2. The molecule has 2 atom stereocenters. The highest BCUT2D eigenvalue weighted by Gasteiger charge is 2.29. The molecule has 64 valence electrons. The Labute approximate surface area is 67.6 Å². The zero-order valence-electron chi connectivity index (χ0n) is 7.21. The molecule has 1 fully saturated rings. The van der Waals surface area contributed by atoms with Gasteiger partial charge in [0.05, 0.1) is 6.10 Å². The van der Waals surface area contributed by atoms with Gasteiger partial charge in [-0.3, -0.25) is 4.79 Å². The first-order valence-electron chi connectivity index (χ1n) is 4.33. The molecular weight excluding hydrogens is 140 g/mol. The summed E-state index contributed by atoms with van der Waals surface area (Å²) in [6.45, 7) is 3.85. The Hall–Kier alpha value is -0.370. The Balaban J connectivity index is 2.43. The molecule has 0 aliphatic heterocycles. The first-order chi connectivity index (χ1) is 5.11. The average molecular weight is 156 g/mol. The maximum atomic E-state index is 11.4. The third-order valence-electron chi connectivity index (χ3n) is 2.38. The van der Waals surface area contributed by atoms with E-state index in [0.29, 0.717) is 12.2 Å². The molecule has 0 spiro atoms. The Morgan fingerprint density at radius 1 is 1.45 bits per heavy atom. The van der Waals surface area contributed by atoms with Crippen LogP contribution in [0.3, 0.4) is 0 Å². The smallest absolute Gasteiger partial charge is 0.138 e. The summed E-state index contributed by atoms with van der Waals surface area (Å²) in [6.07, 6.45) is 2.17. The van der Waals surface area contributed by atoms with Gasteiger partial charge < -0.3 is 5.11 Å². The molecule has 1 N–H and O–H groups in total. The normalized spacial score (nSPS) is 31.3. The number of hydrogen-bond donors (Lipinski definition) is 1. The maximum Gasteiger partial charge on any atom is 0.138 e. The van der Waals surface area contributed by atoms with Crippen molar-refractivity contribution in [1.82, 2.24) is 0 Å². The van der Waals surface area contributed by atoms with Gasteiger partial charge in [0.1, 0.15) is 5.78 Å². The lowest BCUT2D eigenvalue weighted by atomic mass is 9.94. The van der Waals surface area contributed by atoms with E-state index < -0.39 is 0 Å². The fraction of sp³-hybridized carbons (Fsp3) is 0.889. The molecule has 0 aromatic rings. The number of carbonyl (C=O) groups is 1. The third kappa shape index (κ3) is 2.03. The monoisotopic (exact) mass is 156 g/mol. The average Bonchev–Trinajstić information content (AvgIpc) is 2.34. The van der Waals surface area contributed by atoms with Gasteiger partial charge in [0.25, 0.3) is 0 Å². The van der Waals surface area contributed by atoms with Crippen molar-refractivity contribution in [3.05, 3.63) is 0 Å². The van der Waals surface area contributed by atoms with Crippen molar-refractivity contribution in [1.29, 1.82) is 0 Å². The topological polar surface area (TPSA) is 37.3 Å². The standard InChI is InChI=1S/C9H16O2/c1-6(2)9(11)7-3-4-8(10)5-7/h6-8,10H,3-5H2,1-2H3. The lowest BCUT2D eigenvalue weighted by molar-refractivity contribution is -0.125. The molecule has 1 saturated carbocycles. The largest absolute Gasteiger partial charge is 0.393 e. The summed E-state index contributed by atoms with van der Waals surface area (Å²) in [5.74, 6) is 0.594. The Kier molecular flexibility index (Phi) is 2.66. The van der Waals surface area contributed by atoms with Gasteiger partial charge >= 0.3 is 0 Å². The number of Topliss-reactive ketones (excluding diaryl/α,β-unsaturated/α-hetero) is 1. The minimum atomic E-state index is -0.220. The van der Waals surface area contributed by atoms with E-state index in [1.165, 1.54) is 0 Å². The van der Waals surface area contributed by atoms with Crippen molar-refractivity contribution in [2.24, 2.45) is 11.8 Å². The second-order valence-corrected chi connectivity index (χ2v) is 3.72. The summed E-state index contributed by atoms with van der Waals surface area (Å²) in [7, 11) is 0. The molecule has 0 radical (unpaired) electrons. The van der Waals surface area contributed by atoms with Gasteiger partial charge in [0.2, 0.25) is 0 Å². The van der Waals surface area contributed by atoms with Crippen LogP contribution in [0, 0.1) is 11.8 Å². The molecule has 0 saturated heterocycles. The highest BCUT2D eigenvalue weighted by Crippen LogP contribution is 2.27. The fourth-order valence-corrected chi connectivity index (χ4v) is 1.69. The highest BCUT2D eigenvalue weighted by atomic mass is 16.3. The molecule has 1 aliphatic rings. The minimum absolute atomic E-state index is 0.130. The van der Waals surface area contributed by atoms with Gasteiger partial charge in [-0.2, -0.15) is 0 Å². The van der Waals surface area contributed by atoms with Crippen molar-refractivity contribution in [3.8, 4) is 0 Å². The van der Waals surface area contributed by atoms with Gasteiger partial charge in [-0.1, -0.05) is 13.8 Å². The molecule has 2 heteroatoms. The SMILES string of the molecule is CC(C)C(=O)C1CCC(O)C1. The number of carbonyl (C=O) groups excluding carboxylic acids is 1. The molecule has 0 amide bonds. The molecule has 2 unspecified atom stereocenters. The maximum absolute atomic E-state index is 11.4. The molecule has 0 aromatic carbocycles. The van der Waals surface area contributed by atoms with Crippen LogP contribution in [-0.2, 0) is 4.79 Å². The molecular formula is C9H16O2. The van der Waals surface area contributed by atoms with Gasteiger partial charge in [0, 0.05) is 11.8 Å². The van der Waals surface area contributed by atoms with Crippen LogP contribution >= 0.6 is 0 Å². The Bertz CT molecular complexity index is 152. The first-order valence-corrected chi connectivity index (χ1v) is 4.33. The van der Waals surface area contributed by atoms with Gasteiger partial charge in [0.15, 0.2) is 0 Å². The highest BCUT2D eigenvalue weighted by molar-refractivity contribution is 5.83. The van der Waals surface area contributed by atoms with E-state index in [1.54, 1.807) is 0 Å². The lowest BCUT2D eigenvalue weighted by Crippen LogP contribution is -2.17. The molecule has 0 bridgehead atoms. The van der Waals surface area contributed by atoms with Crippen LogP contribution in [0.25, 0.3) is 0 Å². The Morgan fingerprint density at radius 2 is 2.09 bits per heavy atom. The summed E-state index contributed by atoms with van der Waals surface area (Å²) in [4.78, 5) is 11.4. The van der Waals surface area contributed by atoms with Crippen LogP contribution in [0.2, 0.25) is 0 Å². The Morgan fingerprint density at radius 3 is 2.45 bits per heavy atom. The quantitative estimate of drug-likeness (QED) is 0.655. The van der Waals surface area contributed by atoms with E-state index in [-0.39, 0.29) is 17.9 Å². The zero-order chi connectivity index (χ0) is 8.43. The molecule has 0 aromatic heterocycles. The summed E-state index contributed by atoms with van der Waals surface area (Å²) in [6, 6.07) is 0.